The molecular formula is C33H36F6N6O7S. The highest BCUT2D eigenvalue weighted by Crippen LogP contribution is 2.38. The third kappa shape index (κ3) is 11.6. The van der Waals surface area contributed by atoms with Crippen LogP contribution in [0.4, 0.5) is 40.7 Å². The third-order valence-electron chi connectivity index (χ3n) is 6.84. The molecule has 4 amide bonds. The number of hydroxylamine groups is 1. The van der Waals surface area contributed by atoms with Gasteiger partial charge in [0.15, 0.2) is 6.29 Å². The Balaban J connectivity index is 1.40. The van der Waals surface area contributed by atoms with Crippen LogP contribution in [0.5, 0.6) is 0 Å². The molecule has 13 nitrogen and oxygen atoms in total. The molecule has 2 heterocycles. The molecule has 1 aliphatic heterocycles. The van der Waals surface area contributed by atoms with E-state index in [9.17, 15) is 45.5 Å². The van der Waals surface area contributed by atoms with Crippen molar-refractivity contribution in [2.24, 2.45) is 0 Å². The Kier molecular flexibility index (Phi) is 12.1. The maximum atomic E-state index is 13.7. The number of nitrogens with one attached hydrogen (secondary N) is 3. The number of ether oxygens (including phenoxy) is 2. The number of rotatable bonds is 10. The normalized spacial score (nSPS) is 15.1. The molecule has 4 rings (SSSR count). The molecule has 0 unspecified atom stereocenters. The first-order valence-corrected chi connectivity index (χ1v) is 16.6. The largest absolute Gasteiger partial charge is 0.444 e. The Morgan fingerprint density at radius 1 is 0.887 bits per heavy atom. The van der Waals surface area contributed by atoms with Gasteiger partial charge in [0.05, 0.1) is 47.4 Å². The number of aromatic nitrogens is 2. The van der Waals surface area contributed by atoms with Gasteiger partial charge >= 0.3 is 24.5 Å². The molecule has 0 atom stereocenters. The summed E-state index contributed by atoms with van der Waals surface area (Å²) < 4.78 is 91.9. The van der Waals surface area contributed by atoms with Crippen molar-refractivity contribution in [3.63, 3.8) is 0 Å². The molecule has 1 fully saturated rings. The van der Waals surface area contributed by atoms with Crippen LogP contribution in [0.25, 0.3) is 17.0 Å². The van der Waals surface area contributed by atoms with Crippen molar-refractivity contribution in [1.29, 1.82) is 0 Å². The number of carbonyl (C=O) groups excluding carboxylic acids is 4. The van der Waals surface area contributed by atoms with Crippen LogP contribution in [-0.4, -0.2) is 68.7 Å². The van der Waals surface area contributed by atoms with Crippen molar-refractivity contribution in [2.75, 3.05) is 13.2 Å². The average molecular weight is 775 g/mol. The zero-order chi connectivity index (χ0) is 39.5. The van der Waals surface area contributed by atoms with Crippen LogP contribution in [-0.2, 0) is 38.0 Å². The van der Waals surface area contributed by atoms with Crippen molar-refractivity contribution in [3.05, 3.63) is 69.8 Å². The summed E-state index contributed by atoms with van der Waals surface area (Å²) in [6, 6.07) is 6.04. The molecule has 53 heavy (non-hydrogen) atoms. The first-order valence-electron chi connectivity index (χ1n) is 15.7. The Labute approximate surface area is 303 Å². The predicted octanol–water partition coefficient (Wildman–Crippen LogP) is 7.01. The molecule has 2 aromatic carbocycles. The lowest BCUT2D eigenvalue weighted by Crippen LogP contribution is -2.58. The van der Waals surface area contributed by atoms with Crippen LogP contribution in [0.15, 0.2) is 47.5 Å². The van der Waals surface area contributed by atoms with Crippen LogP contribution in [0.1, 0.15) is 63.8 Å². The van der Waals surface area contributed by atoms with E-state index in [1.807, 2.05) is 0 Å². The molecule has 0 spiro atoms. The zero-order valence-corrected chi connectivity index (χ0v) is 30.0. The quantitative estimate of drug-likeness (QED) is 0.0645. The molecule has 20 heteroatoms. The summed E-state index contributed by atoms with van der Waals surface area (Å²) in [5.41, 5.74) is -1.74. The molecule has 0 radical (unpaired) electrons. The van der Waals surface area contributed by atoms with Crippen molar-refractivity contribution in [1.82, 2.24) is 30.8 Å². The van der Waals surface area contributed by atoms with Gasteiger partial charge in [0, 0.05) is 5.39 Å². The molecule has 3 aromatic rings. The minimum absolute atomic E-state index is 0.0605. The fourth-order valence-corrected chi connectivity index (χ4v) is 5.57. The van der Waals surface area contributed by atoms with Gasteiger partial charge in [-0.2, -0.15) is 36.9 Å². The van der Waals surface area contributed by atoms with E-state index in [2.05, 4.69) is 21.2 Å². The van der Waals surface area contributed by atoms with Crippen molar-refractivity contribution >= 4 is 52.1 Å². The zero-order valence-electron chi connectivity index (χ0n) is 29.2. The van der Waals surface area contributed by atoms with Crippen molar-refractivity contribution < 1.29 is 59.8 Å². The van der Waals surface area contributed by atoms with E-state index in [1.54, 1.807) is 47.6 Å². The highest BCUT2D eigenvalue weighted by molar-refractivity contribution is 8.18. The molecule has 1 saturated heterocycles. The second kappa shape index (κ2) is 15.7. The Morgan fingerprint density at radius 3 is 2.08 bits per heavy atom. The summed E-state index contributed by atoms with van der Waals surface area (Å²) in [5.74, 6) is -0.642. The lowest BCUT2D eigenvalue weighted by Gasteiger charge is -2.26. The number of amides is 4. The van der Waals surface area contributed by atoms with Crippen LogP contribution in [0.3, 0.4) is 0 Å². The molecule has 0 bridgehead atoms. The Morgan fingerprint density at radius 2 is 1.51 bits per heavy atom. The Hall–Kier alpha value is -4.82. The van der Waals surface area contributed by atoms with E-state index in [1.165, 1.54) is 29.1 Å². The van der Waals surface area contributed by atoms with Gasteiger partial charge in [-0.3, -0.25) is 34.6 Å². The smallest absolute Gasteiger partial charge is 0.416 e. The van der Waals surface area contributed by atoms with E-state index in [0.717, 1.165) is 11.0 Å². The van der Waals surface area contributed by atoms with Crippen LogP contribution in [0, 0.1) is 0 Å². The molecule has 3 N–H and O–H groups in total. The topological polar surface area (TPSA) is 153 Å². The van der Waals surface area contributed by atoms with E-state index < -0.39 is 76.4 Å². The average Bonchev–Trinajstić information content (AvgIpc) is 3.50. The van der Waals surface area contributed by atoms with Gasteiger partial charge < -0.3 is 9.47 Å². The SMILES string of the molecule is CC(C)(C)OC(=O)NC(NOCCN1C(=O)S/C(=C\c2ccc3c(cnn3Cc3ccc(C(F)(F)F)cc3C(F)(F)F)c2)C1=O)NC(=O)OC(C)(C)C. The fraction of sp³-hybridized carbons (Fsp3) is 0.424. The summed E-state index contributed by atoms with van der Waals surface area (Å²) in [4.78, 5) is 56.6. The number of fused-ring (bicyclic) bond motifs is 1. The maximum absolute atomic E-state index is 13.7. The molecule has 288 valence electrons. The lowest BCUT2D eigenvalue weighted by molar-refractivity contribution is -0.143. The van der Waals surface area contributed by atoms with E-state index in [-0.39, 0.29) is 24.1 Å². The minimum atomic E-state index is -5.04. The Bertz CT molecular complexity index is 1870. The predicted molar refractivity (Wildman–Crippen MR) is 180 cm³/mol. The number of carbonyl (C=O) groups is 4. The second-order valence-electron chi connectivity index (χ2n) is 13.5. The molecule has 1 aliphatic rings. The lowest BCUT2D eigenvalue weighted by atomic mass is 10.0. The van der Waals surface area contributed by atoms with Crippen LogP contribution in [0.2, 0.25) is 0 Å². The van der Waals surface area contributed by atoms with Gasteiger partial charge in [-0.15, -0.1) is 0 Å². The highest BCUT2D eigenvalue weighted by Gasteiger charge is 2.38. The third-order valence-corrected chi connectivity index (χ3v) is 7.75. The summed E-state index contributed by atoms with van der Waals surface area (Å²) in [6.45, 7) is 8.86. The van der Waals surface area contributed by atoms with Gasteiger partial charge in [0.1, 0.15) is 11.2 Å². The number of alkyl carbamates (subject to hydrolysis) is 2. The van der Waals surface area contributed by atoms with Gasteiger partial charge in [-0.1, -0.05) is 12.1 Å². The van der Waals surface area contributed by atoms with E-state index in [0.29, 0.717) is 34.3 Å². The maximum Gasteiger partial charge on any atom is 0.416 e. The number of hydrogen-bond donors (Lipinski definition) is 3. The van der Waals surface area contributed by atoms with Gasteiger partial charge in [-0.05, 0) is 94.8 Å². The van der Waals surface area contributed by atoms with Gasteiger partial charge in [0.25, 0.3) is 11.1 Å². The number of halogens is 6. The van der Waals surface area contributed by atoms with Crippen LogP contribution < -0.4 is 16.1 Å². The molecule has 1 aromatic heterocycles. The number of benzene rings is 2. The van der Waals surface area contributed by atoms with Gasteiger partial charge in [-0.25, -0.2) is 9.59 Å². The van der Waals surface area contributed by atoms with Crippen molar-refractivity contribution in [3.8, 4) is 0 Å². The van der Waals surface area contributed by atoms with E-state index >= 15 is 0 Å². The molecule has 0 saturated carbocycles. The molecular weight excluding hydrogens is 738 g/mol. The van der Waals surface area contributed by atoms with Gasteiger partial charge in [0.2, 0.25) is 0 Å². The minimum Gasteiger partial charge on any atom is -0.444 e. The summed E-state index contributed by atoms with van der Waals surface area (Å²) in [5, 5.41) is 8.66. The van der Waals surface area contributed by atoms with Crippen molar-refractivity contribution in [2.45, 2.75) is 77.9 Å². The number of alkyl halides is 6. The number of nitrogens with zero attached hydrogens (tertiary/aromatic N) is 3. The highest BCUT2D eigenvalue weighted by atomic mass is 32.2. The summed E-state index contributed by atoms with van der Waals surface area (Å²) in [7, 11) is 0. The number of hydrogen-bond acceptors (Lipinski definition) is 10. The fourth-order valence-electron chi connectivity index (χ4n) is 4.71. The first kappa shape index (κ1) is 40.9. The monoisotopic (exact) mass is 774 g/mol. The number of imide groups is 1. The van der Waals surface area contributed by atoms with Crippen LogP contribution >= 0.6 is 11.8 Å². The second-order valence-corrected chi connectivity index (χ2v) is 14.5. The number of thioether (sulfide) groups is 1. The molecule has 0 aliphatic carbocycles. The van der Waals surface area contributed by atoms with E-state index in [4.69, 9.17) is 14.3 Å². The summed E-state index contributed by atoms with van der Waals surface area (Å²) >= 11 is 0.655. The standard InChI is InChI=1S/C33H36F6N6O7S/c1-30(2,3)51-27(47)41-26(42-28(48)52-31(4,5)6)43-50-12-11-44-25(46)24(53-29(44)49)14-18-7-10-23-20(13-18)16-40-45(23)17-19-8-9-21(32(34,35)36)15-22(19)33(37,38)39/h7-10,13-16,26,43H,11-12,17H2,1-6H3,(H,41,47)(H,42,48)/b24-14-. The first-order chi connectivity index (χ1) is 24.4. The summed E-state index contributed by atoms with van der Waals surface area (Å²) in [6.07, 6.45) is -10.3.